The lowest BCUT2D eigenvalue weighted by Crippen LogP contribution is -2.48. The molecule has 0 saturated carbocycles. The van der Waals surface area contributed by atoms with Gasteiger partial charge >= 0.3 is 0 Å². The normalized spacial score (nSPS) is 17.6. The van der Waals surface area contributed by atoms with E-state index in [2.05, 4.69) is 57.4 Å². The summed E-state index contributed by atoms with van der Waals surface area (Å²) in [6.07, 6.45) is 5.28. The number of rotatable bonds is 6. The smallest absolute Gasteiger partial charge is 0.172 e. The van der Waals surface area contributed by atoms with E-state index in [1.54, 1.807) is 0 Å². The second kappa shape index (κ2) is 7.49. The van der Waals surface area contributed by atoms with Crippen molar-refractivity contribution in [2.75, 3.05) is 38.5 Å². The highest BCUT2D eigenvalue weighted by Crippen LogP contribution is 2.19. The number of piperazine rings is 1. The molecule has 0 atom stereocenters. The molecule has 1 aliphatic rings. The molecule has 2 aromatic heterocycles. The van der Waals surface area contributed by atoms with Crippen LogP contribution in [0.5, 0.6) is 0 Å². The highest BCUT2D eigenvalue weighted by molar-refractivity contribution is 7.99. The molecule has 3 heterocycles. The standard InChI is InChI=1S/C17H26N4S/c1-15(2)20-11-9-19(10-12-20)7-5-13-22-17-18-14-16-6-3-4-8-21(16)17/h3-4,6,8,14-15H,5,7,9-13H2,1-2H3. The molecule has 120 valence electrons. The number of hydrogen-bond donors (Lipinski definition) is 0. The lowest BCUT2D eigenvalue weighted by Gasteiger charge is -2.36. The van der Waals surface area contributed by atoms with E-state index in [0.29, 0.717) is 6.04 Å². The number of nitrogens with zero attached hydrogens (tertiary/aromatic N) is 4. The van der Waals surface area contributed by atoms with Gasteiger partial charge in [0.05, 0.1) is 11.7 Å². The van der Waals surface area contributed by atoms with Gasteiger partial charge in [-0.2, -0.15) is 0 Å². The second-order valence-corrected chi connectivity index (χ2v) is 7.27. The van der Waals surface area contributed by atoms with Crippen LogP contribution in [0.4, 0.5) is 0 Å². The Hall–Kier alpha value is -1.04. The predicted molar refractivity (Wildman–Crippen MR) is 93.7 cm³/mol. The number of fused-ring (bicyclic) bond motifs is 1. The first-order valence-corrected chi connectivity index (χ1v) is 9.24. The summed E-state index contributed by atoms with van der Waals surface area (Å²) in [5.74, 6) is 1.14. The van der Waals surface area contributed by atoms with Crippen LogP contribution >= 0.6 is 11.8 Å². The Balaban J connectivity index is 1.39. The summed E-state index contributed by atoms with van der Waals surface area (Å²) in [5, 5.41) is 1.11. The molecule has 0 unspecified atom stereocenters. The first kappa shape index (κ1) is 15.8. The van der Waals surface area contributed by atoms with Gasteiger partial charge in [0.25, 0.3) is 0 Å². The molecule has 0 aromatic carbocycles. The van der Waals surface area contributed by atoms with Gasteiger partial charge < -0.3 is 4.90 Å². The predicted octanol–water partition coefficient (Wildman–Crippen LogP) is 2.84. The van der Waals surface area contributed by atoms with Crippen LogP contribution in [0.1, 0.15) is 20.3 Å². The first-order chi connectivity index (χ1) is 10.7. The van der Waals surface area contributed by atoms with Gasteiger partial charge in [0.2, 0.25) is 0 Å². The minimum Gasteiger partial charge on any atom is -0.301 e. The maximum Gasteiger partial charge on any atom is 0.172 e. The molecule has 5 heteroatoms. The fourth-order valence-electron chi connectivity index (χ4n) is 2.98. The third-order valence-electron chi connectivity index (χ3n) is 4.39. The van der Waals surface area contributed by atoms with Crippen LogP contribution in [-0.4, -0.2) is 63.7 Å². The molecule has 0 amide bonds. The third kappa shape index (κ3) is 3.83. The van der Waals surface area contributed by atoms with Crippen molar-refractivity contribution in [1.82, 2.24) is 19.2 Å². The molecule has 3 rings (SSSR count). The highest BCUT2D eigenvalue weighted by Gasteiger charge is 2.18. The lowest BCUT2D eigenvalue weighted by molar-refractivity contribution is 0.109. The van der Waals surface area contributed by atoms with Crippen molar-refractivity contribution in [3.63, 3.8) is 0 Å². The van der Waals surface area contributed by atoms with Crippen LogP contribution in [0, 0.1) is 0 Å². The van der Waals surface area contributed by atoms with Gasteiger partial charge in [0.1, 0.15) is 0 Å². The zero-order valence-electron chi connectivity index (χ0n) is 13.6. The van der Waals surface area contributed by atoms with Gasteiger partial charge in [-0.15, -0.1) is 0 Å². The van der Waals surface area contributed by atoms with Crippen molar-refractivity contribution in [3.8, 4) is 0 Å². The Bertz CT molecular complexity index is 587. The molecule has 0 N–H and O–H groups in total. The first-order valence-electron chi connectivity index (χ1n) is 8.25. The summed E-state index contributed by atoms with van der Waals surface area (Å²) < 4.78 is 2.17. The summed E-state index contributed by atoms with van der Waals surface area (Å²) >= 11 is 1.87. The van der Waals surface area contributed by atoms with E-state index in [9.17, 15) is 0 Å². The quantitative estimate of drug-likeness (QED) is 0.604. The van der Waals surface area contributed by atoms with Crippen molar-refractivity contribution < 1.29 is 0 Å². The van der Waals surface area contributed by atoms with Crippen LogP contribution in [-0.2, 0) is 0 Å². The van der Waals surface area contributed by atoms with Crippen LogP contribution < -0.4 is 0 Å². The van der Waals surface area contributed by atoms with Gasteiger partial charge in [0.15, 0.2) is 5.16 Å². The number of thioether (sulfide) groups is 1. The molecule has 0 bridgehead atoms. The Morgan fingerprint density at radius 2 is 2.00 bits per heavy atom. The average molecular weight is 318 g/mol. The number of aromatic nitrogens is 2. The fourth-order valence-corrected chi connectivity index (χ4v) is 3.87. The van der Waals surface area contributed by atoms with Gasteiger partial charge in [-0.05, 0) is 38.9 Å². The summed E-state index contributed by atoms with van der Waals surface area (Å²) in [7, 11) is 0. The average Bonchev–Trinajstić information content (AvgIpc) is 2.95. The molecule has 4 nitrogen and oxygen atoms in total. The molecule has 1 aliphatic heterocycles. The number of imidazole rings is 1. The summed E-state index contributed by atoms with van der Waals surface area (Å²) in [6, 6.07) is 6.91. The van der Waals surface area contributed by atoms with E-state index in [4.69, 9.17) is 0 Å². The highest BCUT2D eigenvalue weighted by atomic mass is 32.2. The van der Waals surface area contributed by atoms with E-state index in [1.807, 2.05) is 18.0 Å². The van der Waals surface area contributed by atoms with Gasteiger partial charge in [-0.1, -0.05) is 17.8 Å². The van der Waals surface area contributed by atoms with E-state index in [-0.39, 0.29) is 0 Å². The number of hydrogen-bond acceptors (Lipinski definition) is 4. The molecule has 2 aromatic rings. The third-order valence-corrected chi connectivity index (χ3v) is 5.44. The molecular formula is C17H26N4S. The monoisotopic (exact) mass is 318 g/mol. The second-order valence-electron chi connectivity index (χ2n) is 6.21. The van der Waals surface area contributed by atoms with E-state index < -0.39 is 0 Å². The van der Waals surface area contributed by atoms with Crippen LogP contribution in [0.25, 0.3) is 5.52 Å². The Labute approximate surface area is 137 Å². The van der Waals surface area contributed by atoms with E-state index in [1.165, 1.54) is 44.7 Å². The Morgan fingerprint density at radius 1 is 1.18 bits per heavy atom. The molecule has 0 radical (unpaired) electrons. The SMILES string of the molecule is CC(C)N1CCN(CCCSc2ncc3ccccn23)CC1. The van der Waals surface area contributed by atoms with Crippen LogP contribution in [0.15, 0.2) is 35.7 Å². The molecule has 1 saturated heterocycles. The summed E-state index contributed by atoms with van der Waals surface area (Å²) in [6.45, 7) is 10.7. The number of pyridine rings is 1. The van der Waals surface area contributed by atoms with Gasteiger partial charge in [-0.3, -0.25) is 9.30 Å². The van der Waals surface area contributed by atoms with E-state index >= 15 is 0 Å². The molecule has 0 aliphatic carbocycles. The largest absolute Gasteiger partial charge is 0.301 e. The van der Waals surface area contributed by atoms with Crippen LogP contribution in [0.3, 0.4) is 0 Å². The Morgan fingerprint density at radius 3 is 2.77 bits per heavy atom. The fraction of sp³-hybridized carbons (Fsp3) is 0.588. The zero-order valence-corrected chi connectivity index (χ0v) is 14.4. The van der Waals surface area contributed by atoms with Gasteiger partial charge in [-0.25, -0.2) is 4.98 Å². The molecule has 22 heavy (non-hydrogen) atoms. The Kier molecular flexibility index (Phi) is 5.39. The minimum absolute atomic E-state index is 0.687. The van der Waals surface area contributed by atoms with Crippen molar-refractivity contribution in [2.45, 2.75) is 31.5 Å². The zero-order chi connectivity index (χ0) is 15.4. The maximum absolute atomic E-state index is 4.51. The minimum atomic E-state index is 0.687. The van der Waals surface area contributed by atoms with Gasteiger partial charge in [0, 0.05) is 44.2 Å². The molecular weight excluding hydrogens is 292 g/mol. The van der Waals surface area contributed by atoms with E-state index in [0.717, 1.165) is 10.9 Å². The van der Waals surface area contributed by atoms with Crippen molar-refractivity contribution >= 4 is 17.3 Å². The van der Waals surface area contributed by atoms with Crippen molar-refractivity contribution in [3.05, 3.63) is 30.6 Å². The maximum atomic E-state index is 4.51. The molecule has 1 fully saturated rings. The molecule has 0 spiro atoms. The van der Waals surface area contributed by atoms with Crippen LogP contribution in [0.2, 0.25) is 0 Å². The van der Waals surface area contributed by atoms with Crippen molar-refractivity contribution in [2.24, 2.45) is 0 Å². The summed E-state index contributed by atoms with van der Waals surface area (Å²) in [5.41, 5.74) is 1.18. The topological polar surface area (TPSA) is 23.8 Å². The van der Waals surface area contributed by atoms with Crippen molar-refractivity contribution in [1.29, 1.82) is 0 Å². The summed E-state index contributed by atoms with van der Waals surface area (Å²) in [4.78, 5) is 9.69. The lowest BCUT2D eigenvalue weighted by atomic mass is 10.2.